The minimum atomic E-state index is 0.815. The Balaban J connectivity index is 0.00000109. The summed E-state index contributed by atoms with van der Waals surface area (Å²) < 4.78 is 0. The number of aromatic nitrogens is 1. The molecule has 0 aliphatic carbocycles. The third kappa shape index (κ3) is 4.63. The molecule has 1 heterocycles. The Morgan fingerprint density at radius 3 is 2.12 bits per heavy atom. The molecule has 1 N–H and O–H groups in total. The molecule has 25 heavy (non-hydrogen) atoms. The number of nitrogens with one attached hydrogen (secondary N) is 1. The number of nitrogens with zero attached hydrogens (tertiary/aromatic N) is 3. The highest BCUT2D eigenvalue weighted by Gasteiger charge is 2.06. The van der Waals surface area contributed by atoms with Gasteiger partial charge in [-0.15, -0.1) is 0 Å². The number of benzene rings is 2. The summed E-state index contributed by atoms with van der Waals surface area (Å²) in [6.45, 7) is 8.85. The van der Waals surface area contributed by atoms with E-state index >= 15 is 0 Å². The van der Waals surface area contributed by atoms with Gasteiger partial charge in [-0.1, -0.05) is 57.2 Å². The van der Waals surface area contributed by atoms with Crippen LogP contribution in [0.15, 0.2) is 58.6 Å². The second-order valence-corrected chi connectivity index (χ2v) is 5.40. The van der Waals surface area contributed by atoms with Crippen LogP contribution in [0.1, 0.15) is 39.7 Å². The molecule has 0 saturated carbocycles. The van der Waals surface area contributed by atoms with Gasteiger partial charge in [0.2, 0.25) is 0 Å². The molecule has 0 bridgehead atoms. The van der Waals surface area contributed by atoms with E-state index in [-0.39, 0.29) is 0 Å². The van der Waals surface area contributed by atoms with Crippen molar-refractivity contribution in [3.05, 3.63) is 54.1 Å². The highest BCUT2D eigenvalue weighted by atomic mass is 15.3. The van der Waals surface area contributed by atoms with Crippen LogP contribution in [-0.4, -0.2) is 23.6 Å². The van der Waals surface area contributed by atoms with Gasteiger partial charge in [0.1, 0.15) is 5.84 Å². The first-order chi connectivity index (χ1) is 12.3. The van der Waals surface area contributed by atoms with Crippen LogP contribution in [0.25, 0.3) is 21.8 Å². The molecule has 1 aromatic heterocycles. The van der Waals surface area contributed by atoms with Gasteiger partial charge in [0.05, 0.1) is 17.2 Å². The van der Waals surface area contributed by atoms with Crippen LogP contribution < -0.4 is 5.43 Å². The zero-order chi connectivity index (χ0) is 18.1. The fourth-order valence-electron chi connectivity index (χ4n) is 2.52. The smallest absolute Gasteiger partial charge is 0.113 e. The maximum absolute atomic E-state index is 4.72. The Hall–Kier alpha value is -2.75. The van der Waals surface area contributed by atoms with Gasteiger partial charge >= 0.3 is 0 Å². The van der Waals surface area contributed by atoms with Gasteiger partial charge in [-0.3, -0.25) is 10.4 Å². The number of rotatable bonds is 4. The van der Waals surface area contributed by atoms with E-state index in [9.17, 15) is 0 Å². The maximum atomic E-state index is 4.72. The quantitative estimate of drug-likeness (QED) is 0.310. The molecule has 0 fully saturated rings. The number of fused-ring (bicyclic) bond motifs is 2. The van der Waals surface area contributed by atoms with Crippen molar-refractivity contribution >= 4 is 33.9 Å². The molecule has 0 spiro atoms. The van der Waals surface area contributed by atoms with Crippen LogP contribution in [-0.2, 0) is 0 Å². The molecule has 0 radical (unpaired) electrons. The Morgan fingerprint density at radius 1 is 1.00 bits per heavy atom. The first-order valence-electron chi connectivity index (χ1n) is 8.87. The summed E-state index contributed by atoms with van der Waals surface area (Å²) >= 11 is 0. The van der Waals surface area contributed by atoms with Crippen LogP contribution in [0.4, 0.5) is 0 Å². The van der Waals surface area contributed by atoms with Crippen molar-refractivity contribution in [3.8, 4) is 0 Å². The first-order valence-corrected chi connectivity index (χ1v) is 8.87. The number of para-hydroxylation sites is 2. The second kappa shape index (κ2) is 9.52. The summed E-state index contributed by atoms with van der Waals surface area (Å²) in [6.07, 6.45) is 2.89. The fraction of sp³-hybridized carbons (Fsp3) is 0.286. The van der Waals surface area contributed by atoms with Crippen LogP contribution in [0.2, 0.25) is 0 Å². The Kier molecular flexibility index (Phi) is 7.08. The first kappa shape index (κ1) is 18.6. The number of hydrogen-bond acceptors (Lipinski definition) is 3. The third-order valence-electron chi connectivity index (χ3n) is 3.62. The molecule has 0 amide bonds. The summed E-state index contributed by atoms with van der Waals surface area (Å²) in [5.74, 6) is 0.825. The fourth-order valence-corrected chi connectivity index (χ4v) is 2.52. The van der Waals surface area contributed by atoms with Crippen molar-refractivity contribution in [2.24, 2.45) is 10.1 Å². The SMILES string of the molecule is CC.CCCN=C(C)N/N=C/c1c2ccccc2nc2ccccc12. The summed E-state index contributed by atoms with van der Waals surface area (Å²) in [7, 11) is 0. The van der Waals surface area contributed by atoms with Gasteiger partial charge in [-0.25, -0.2) is 4.98 Å². The van der Waals surface area contributed by atoms with Crippen molar-refractivity contribution in [2.75, 3.05) is 6.54 Å². The number of aliphatic imine (C=N–C) groups is 1. The van der Waals surface area contributed by atoms with Gasteiger partial charge in [0.15, 0.2) is 0 Å². The van der Waals surface area contributed by atoms with E-state index in [1.807, 2.05) is 63.4 Å². The van der Waals surface area contributed by atoms with E-state index < -0.39 is 0 Å². The molecule has 0 saturated heterocycles. The van der Waals surface area contributed by atoms with E-state index in [0.29, 0.717) is 0 Å². The lowest BCUT2D eigenvalue weighted by Gasteiger charge is -2.07. The molecule has 4 heteroatoms. The van der Waals surface area contributed by atoms with Gasteiger partial charge in [0.25, 0.3) is 0 Å². The van der Waals surface area contributed by atoms with E-state index in [0.717, 1.165) is 46.2 Å². The molecular weight excluding hydrogens is 308 g/mol. The Bertz CT molecular complexity index is 827. The molecule has 0 atom stereocenters. The predicted octanol–water partition coefficient (Wildman–Crippen LogP) is 5.17. The van der Waals surface area contributed by atoms with Gasteiger partial charge < -0.3 is 0 Å². The molecule has 3 aromatic rings. The molecule has 0 unspecified atom stereocenters. The van der Waals surface area contributed by atoms with Crippen LogP contribution in [0.5, 0.6) is 0 Å². The minimum Gasteiger partial charge on any atom is -0.271 e. The van der Waals surface area contributed by atoms with Crippen molar-refractivity contribution in [1.82, 2.24) is 10.4 Å². The van der Waals surface area contributed by atoms with Crippen molar-refractivity contribution in [3.63, 3.8) is 0 Å². The molecule has 2 aromatic carbocycles. The van der Waals surface area contributed by atoms with Gasteiger partial charge in [-0.2, -0.15) is 5.10 Å². The van der Waals surface area contributed by atoms with E-state index in [4.69, 9.17) is 4.98 Å². The lowest BCUT2D eigenvalue weighted by atomic mass is 10.0. The molecule has 0 aliphatic rings. The van der Waals surface area contributed by atoms with Crippen molar-refractivity contribution in [1.29, 1.82) is 0 Å². The van der Waals surface area contributed by atoms with Gasteiger partial charge in [-0.05, 0) is 25.5 Å². The van der Waals surface area contributed by atoms with E-state index in [1.54, 1.807) is 0 Å². The van der Waals surface area contributed by atoms with E-state index in [2.05, 4.69) is 34.6 Å². The highest BCUT2D eigenvalue weighted by Crippen LogP contribution is 2.24. The summed E-state index contributed by atoms with van der Waals surface area (Å²) in [4.78, 5) is 9.09. The molecular formula is C21H26N4. The Morgan fingerprint density at radius 2 is 1.56 bits per heavy atom. The molecule has 130 valence electrons. The zero-order valence-corrected chi connectivity index (χ0v) is 15.5. The summed E-state index contributed by atoms with van der Waals surface area (Å²) in [5.41, 5.74) is 6.02. The minimum absolute atomic E-state index is 0.815. The molecule has 3 rings (SSSR count). The van der Waals surface area contributed by atoms with Crippen molar-refractivity contribution < 1.29 is 0 Å². The highest BCUT2D eigenvalue weighted by molar-refractivity contribution is 6.10. The number of hydrogen-bond donors (Lipinski definition) is 1. The normalized spacial score (nSPS) is 11.6. The number of hydrazone groups is 1. The average Bonchev–Trinajstić information content (AvgIpc) is 2.67. The topological polar surface area (TPSA) is 49.6 Å². The molecule has 0 aliphatic heterocycles. The number of amidine groups is 1. The van der Waals surface area contributed by atoms with Crippen LogP contribution >= 0.6 is 0 Å². The summed E-state index contributed by atoms with van der Waals surface area (Å²) in [6, 6.07) is 16.3. The second-order valence-electron chi connectivity index (χ2n) is 5.40. The standard InChI is InChI=1S/C19H20N4.C2H6/c1-3-12-20-14(2)23-21-13-17-15-8-4-6-10-18(15)22-19-11-7-5-9-16(17)19;1-2/h4-11,13H,3,12H2,1-2H3,(H,20,23);1-2H3/b21-13+;. The lowest BCUT2D eigenvalue weighted by Crippen LogP contribution is -2.14. The maximum Gasteiger partial charge on any atom is 0.113 e. The van der Waals surface area contributed by atoms with Crippen molar-refractivity contribution in [2.45, 2.75) is 34.1 Å². The largest absolute Gasteiger partial charge is 0.271 e. The van der Waals surface area contributed by atoms with Crippen LogP contribution in [0.3, 0.4) is 0 Å². The van der Waals surface area contributed by atoms with E-state index in [1.165, 1.54) is 0 Å². The van der Waals surface area contributed by atoms with Crippen LogP contribution in [0, 0.1) is 0 Å². The number of pyridine rings is 1. The molecule has 4 nitrogen and oxygen atoms in total. The average molecular weight is 334 g/mol. The summed E-state index contributed by atoms with van der Waals surface area (Å²) in [5, 5.41) is 6.56. The van der Waals surface area contributed by atoms with Gasteiger partial charge in [0, 0.05) is 22.9 Å². The zero-order valence-electron chi connectivity index (χ0n) is 15.5. The lowest BCUT2D eigenvalue weighted by molar-refractivity contribution is 0.906. The third-order valence-corrected chi connectivity index (χ3v) is 3.62. The monoisotopic (exact) mass is 334 g/mol. The Labute approximate surface area is 149 Å². The predicted molar refractivity (Wildman–Crippen MR) is 110 cm³/mol.